The number of halogens is 2. The molecule has 0 saturated heterocycles. The SMILES string of the molecule is OB(O)c1cc2c(Cl)ccc(F)c2[nH]1. The maximum Gasteiger partial charge on any atom is 0.505 e. The number of benzene rings is 1. The molecule has 0 unspecified atom stereocenters. The summed E-state index contributed by atoms with van der Waals surface area (Å²) in [6, 6.07) is 4.04. The molecule has 2 aromatic rings. The zero-order chi connectivity index (χ0) is 10.3. The molecule has 0 bridgehead atoms. The highest BCUT2D eigenvalue weighted by Gasteiger charge is 2.16. The number of aromatic amines is 1. The summed E-state index contributed by atoms with van der Waals surface area (Å²) in [5.41, 5.74) is 0.299. The van der Waals surface area contributed by atoms with Crippen molar-refractivity contribution >= 4 is 35.2 Å². The van der Waals surface area contributed by atoms with E-state index in [0.29, 0.717) is 10.4 Å². The van der Waals surface area contributed by atoms with Gasteiger partial charge in [-0.3, -0.25) is 0 Å². The second-order valence-corrected chi connectivity index (χ2v) is 3.32. The fraction of sp³-hybridized carbons (Fsp3) is 0. The minimum Gasteiger partial charge on any atom is -0.422 e. The lowest BCUT2D eigenvalue weighted by molar-refractivity contribution is 0.424. The highest BCUT2D eigenvalue weighted by Crippen LogP contribution is 2.23. The van der Waals surface area contributed by atoms with E-state index in [1.807, 2.05) is 0 Å². The summed E-state index contributed by atoms with van der Waals surface area (Å²) in [5, 5.41) is 18.5. The smallest absolute Gasteiger partial charge is 0.422 e. The zero-order valence-corrected chi connectivity index (χ0v) is 7.72. The number of fused-ring (bicyclic) bond motifs is 1. The van der Waals surface area contributed by atoms with E-state index in [1.54, 1.807) is 0 Å². The van der Waals surface area contributed by atoms with Crippen molar-refractivity contribution < 1.29 is 14.4 Å². The molecule has 0 spiro atoms. The van der Waals surface area contributed by atoms with Crippen molar-refractivity contribution in [2.75, 3.05) is 0 Å². The molecule has 72 valence electrons. The van der Waals surface area contributed by atoms with Crippen LogP contribution in [0.4, 0.5) is 4.39 Å². The van der Waals surface area contributed by atoms with Gasteiger partial charge < -0.3 is 15.0 Å². The average molecular weight is 213 g/mol. The Morgan fingerprint density at radius 2 is 2.07 bits per heavy atom. The lowest BCUT2D eigenvalue weighted by Gasteiger charge is -1.94. The normalized spacial score (nSPS) is 10.9. The molecule has 0 aliphatic heterocycles. The van der Waals surface area contributed by atoms with Crippen LogP contribution in [-0.4, -0.2) is 22.2 Å². The summed E-state index contributed by atoms with van der Waals surface area (Å²) in [6.07, 6.45) is 0. The van der Waals surface area contributed by atoms with E-state index in [1.165, 1.54) is 18.2 Å². The first-order chi connectivity index (χ1) is 6.59. The van der Waals surface area contributed by atoms with Gasteiger partial charge in [-0.25, -0.2) is 4.39 Å². The maximum absolute atomic E-state index is 13.2. The number of H-pyrrole nitrogens is 1. The predicted octanol–water partition coefficient (Wildman–Crippen LogP) is 0.640. The van der Waals surface area contributed by atoms with Crippen LogP contribution in [0.3, 0.4) is 0 Å². The minimum atomic E-state index is -1.65. The third kappa shape index (κ3) is 1.39. The highest BCUT2D eigenvalue weighted by molar-refractivity contribution is 6.58. The van der Waals surface area contributed by atoms with Crippen molar-refractivity contribution in [2.45, 2.75) is 0 Å². The Balaban J connectivity index is 2.75. The number of hydrogen-bond acceptors (Lipinski definition) is 2. The molecule has 1 aromatic carbocycles. The van der Waals surface area contributed by atoms with Gasteiger partial charge in [-0.2, -0.15) is 0 Å². The van der Waals surface area contributed by atoms with Gasteiger partial charge >= 0.3 is 7.12 Å². The third-order valence-electron chi connectivity index (χ3n) is 1.99. The molecule has 0 atom stereocenters. The van der Waals surface area contributed by atoms with Crippen molar-refractivity contribution in [1.82, 2.24) is 4.98 Å². The summed E-state index contributed by atoms with van der Waals surface area (Å²) in [5.74, 6) is -0.476. The molecule has 0 fully saturated rings. The third-order valence-corrected chi connectivity index (χ3v) is 2.32. The molecule has 0 amide bonds. The Morgan fingerprint density at radius 3 is 2.64 bits per heavy atom. The van der Waals surface area contributed by atoms with Crippen LogP contribution in [0.25, 0.3) is 10.9 Å². The average Bonchev–Trinajstić information content (AvgIpc) is 2.57. The Morgan fingerprint density at radius 1 is 1.36 bits per heavy atom. The van der Waals surface area contributed by atoms with Crippen molar-refractivity contribution in [3.05, 3.63) is 29.0 Å². The lowest BCUT2D eigenvalue weighted by atomic mass is 9.86. The number of hydrogen-bond donors (Lipinski definition) is 3. The van der Waals surface area contributed by atoms with Crippen LogP contribution in [-0.2, 0) is 0 Å². The number of aromatic nitrogens is 1. The number of nitrogens with one attached hydrogen (secondary N) is 1. The van der Waals surface area contributed by atoms with Gasteiger partial charge in [-0.15, -0.1) is 0 Å². The summed E-state index contributed by atoms with van der Waals surface area (Å²) in [7, 11) is -1.65. The molecule has 0 radical (unpaired) electrons. The largest absolute Gasteiger partial charge is 0.505 e. The van der Waals surface area contributed by atoms with Gasteiger partial charge in [0.15, 0.2) is 0 Å². The molecule has 2 rings (SSSR count). The number of rotatable bonds is 1. The summed E-state index contributed by atoms with van der Waals surface area (Å²) < 4.78 is 13.2. The van der Waals surface area contributed by atoms with E-state index in [4.69, 9.17) is 21.6 Å². The predicted molar refractivity (Wildman–Crippen MR) is 53.1 cm³/mol. The van der Waals surface area contributed by atoms with Gasteiger partial charge in [-0.1, -0.05) is 11.6 Å². The molecule has 14 heavy (non-hydrogen) atoms. The molecule has 3 N–H and O–H groups in total. The Labute approximate surface area is 84.3 Å². The van der Waals surface area contributed by atoms with Gasteiger partial charge in [0.1, 0.15) is 5.82 Å². The van der Waals surface area contributed by atoms with E-state index < -0.39 is 12.9 Å². The van der Waals surface area contributed by atoms with Crippen LogP contribution in [0.1, 0.15) is 0 Å². The topological polar surface area (TPSA) is 56.2 Å². The van der Waals surface area contributed by atoms with E-state index in [2.05, 4.69) is 4.98 Å². The van der Waals surface area contributed by atoms with Crippen LogP contribution >= 0.6 is 11.6 Å². The van der Waals surface area contributed by atoms with Crippen molar-refractivity contribution in [1.29, 1.82) is 0 Å². The quantitative estimate of drug-likeness (QED) is 0.609. The lowest BCUT2D eigenvalue weighted by Crippen LogP contribution is -2.30. The van der Waals surface area contributed by atoms with Gasteiger partial charge in [0.2, 0.25) is 0 Å². The van der Waals surface area contributed by atoms with E-state index >= 15 is 0 Å². The second kappa shape index (κ2) is 3.27. The Kier molecular flexibility index (Phi) is 2.22. The molecule has 1 aromatic heterocycles. The zero-order valence-electron chi connectivity index (χ0n) is 6.96. The second-order valence-electron chi connectivity index (χ2n) is 2.92. The fourth-order valence-electron chi connectivity index (χ4n) is 1.31. The van der Waals surface area contributed by atoms with Gasteiger partial charge in [0, 0.05) is 11.0 Å². The van der Waals surface area contributed by atoms with E-state index in [-0.39, 0.29) is 11.1 Å². The van der Waals surface area contributed by atoms with Gasteiger partial charge in [0.25, 0.3) is 0 Å². The van der Waals surface area contributed by atoms with Gasteiger partial charge in [0.05, 0.1) is 10.5 Å². The molecule has 0 aliphatic carbocycles. The van der Waals surface area contributed by atoms with Crippen LogP contribution in [0.15, 0.2) is 18.2 Å². The van der Waals surface area contributed by atoms with Crippen LogP contribution < -0.4 is 5.59 Å². The van der Waals surface area contributed by atoms with Crippen LogP contribution in [0.5, 0.6) is 0 Å². The Bertz CT molecular complexity index is 446. The molecule has 3 nitrogen and oxygen atoms in total. The van der Waals surface area contributed by atoms with Crippen molar-refractivity contribution in [2.24, 2.45) is 0 Å². The van der Waals surface area contributed by atoms with Crippen molar-refractivity contribution in [3.8, 4) is 0 Å². The first-order valence-corrected chi connectivity index (χ1v) is 4.30. The van der Waals surface area contributed by atoms with Crippen LogP contribution in [0, 0.1) is 5.82 Å². The molecular formula is C8H6BClFNO2. The van der Waals surface area contributed by atoms with Crippen molar-refractivity contribution in [3.63, 3.8) is 0 Å². The van der Waals surface area contributed by atoms with Crippen LogP contribution in [0.2, 0.25) is 5.02 Å². The summed E-state index contributed by atoms with van der Waals surface area (Å²) in [4.78, 5) is 2.54. The Hall–Kier alpha value is -1.04. The summed E-state index contributed by atoms with van der Waals surface area (Å²) >= 11 is 5.80. The molecule has 0 saturated carbocycles. The molecular weight excluding hydrogens is 207 g/mol. The minimum absolute atomic E-state index is 0.118. The van der Waals surface area contributed by atoms with Gasteiger partial charge in [-0.05, 0) is 18.2 Å². The monoisotopic (exact) mass is 213 g/mol. The first-order valence-electron chi connectivity index (χ1n) is 3.92. The standard InChI is InChI=1S/C8H6BClFNO2/c10-5-1-2-6(11)8-4(5)3-7(12-8)9(13)14/h1-3,12-14H. The molecule has 0 aliphatic rings. The van der Waals surface area contributed by atoms with E-state index in [0.717, 1.165) is 0 Å². The fourth-order valence-corrected chi connectivity index (χ4v) is 1.52. The highest BCUT2D eigenvalue weighted by atomic mass is 35.5. The maximum atomic E-state index is 13.2. The summed E-state index contributed by atoms with van der Waals surface area (Å²) in [6.45, 7) is 0. The molecule has 6 heteroatoms. The van der Waals surface area contributed by atoms with E-state index in [9.17, 15) is 4.39 Å². The first kappa shape index (κ1) is 9.52. The molecule has 1 heterocycles.